The number of hydrogen-bond acceptors (Lipinski definition) is 3. The molecular formula is C14H19F3N4O2. The first-order valence-corrected chi connectivity index (χ1v) is 7.17. The van der Waals surface area contributed by atoms with Crippen LogP contribution in [0.25, 0.3) is 0 Å². The molecule has 0 aliphatic carbocycles. The van der Waals surface area contributed by atoms with Gasteiger partial charge in [-0.2, -0.15) is 18.3 Å². The fourth-order valence-electron chi connectivity index (χ4n) is 2.63. The predicted octanol–water partition coefficient (Wildman–Crippen LogP) is 1.60. The van der Waals surface area contributed by atoms with Gasteiger partial charge in [-0.05, 0) is 27.2 Å². The minimum absolute atomic E-state index is 0.0339. The molecule has 0 radical (unpaired) electrons. The van der Waals surface area contributed by atoms with Gasteiger partial charge in [0.1, 0.15) is 0 Å². The highest BCUT2D eigenvalue weighted by atomic mass is 19.4. The number of nitrogens with two attached hydrogens (primary N) is 1. The van der Waals surface area contributed by atoms with Crippen LogP contribution in [-0.2, 0) is 16.5 Å². The van der Waals surface area contributed by atoms with Crippen molar-refractivity contribution in [2.45, 2.75) is 38.9 Å². The Kier molecular flexibility index (Phi) is 4.16. The van der Waals surface area contributed by atoms with Gasteiger partial charge in [0, 0.05) is 13.1 Å². The van der Waals surface area contributed by atoms with Crippen LogP contribution in [-0.4, -0.2) is 39.6 Å². The Morgan fingerprint density at radius 2 is 1.91 bits per heavy atom. The standard InChI is InChI=1S/C14H19F3N4O2/c1-13(2,3)21-10(14(15,16)17)9(6-19-21)12(23)20-5-4-8(7-20)11(18)22/h6,8H,4-5,7H2,1-3H3,(H2,18,22)/t8-/m1/s1. The average molecular weight is 332 g/mol. The summed E-state index contributed by atoms with van der Waals surface area (Å²) in [4.78, 5) is 24.8. The molecular weight excluding hydrogens is 313 g/mol. The molecule has 2 amide bonds. The van der Waals surface area contributed by atoms with Crippen molar-refractivity contribution in [2.75, 3.05) is 13.1 Å². The third kappa shape index (κ3) is 3.32. The van der Waals surface area contributed by atoms with Crippen LogP contribution in [0.2, 0.25) is 0 Å². The molecule has 1 aliphatic heterocycles. The third-order valence-corrected chi connectivity index (χ3v) is 3.78. The molecule has 9 heteroatoms. The van der Waals surface area contributed by atoms with Crippen LogP contribution < -0.4 is 5.73 Å². The summed E-state index contributed by atoms with van der Waals surface area (Å²) in [6.45, 7) is 4.95. The monoisotopic (exact) mass is 332 g/mol. The molecule has 2 N–H and O–H groups in total. The van der Waals surface area contributed by atoms with E-state index >= 15 is 0 Å². The predicted molar refractivity (Wildman–Crippen MR) is 75.4 cm³/mol. The fraction of sp³-hybridized carbons (Fsp3) is 0.643. The molecule has 0 bridgehead atoms. The Morgan fingerprint density at radius 3 is 2.35 bits per heavy atom. The quantitative estimate of drug-likeness (QED) is 0.893. The maximum absolute atomic E-state index is 13.4. The summed E-state index contributed by atoms with van der Waals surface area (Å²) < 4.78 is 41.1. The average Bonchev–Trinajstić information content (AvgIpc) is 3.03. The zero-order valence-electron chi connectivity index (χ0n) is 13.1. The second-order valence-corrected chi connectivity index (χ2v) is 6.63. The number of hydrogen-bond donors (Lipinski definition) is 1. The van der Waals surface area contributed by atoms with E-state index in [0.29, 0.717) is 6.42 Å². The van der Waals surface area contributed by atoms with Gasteiger partial charge in [0.25, 0.3) is 5.91 Å². The number of carbonyl (C=O) groups excluding carboxylic acids is 2. The minimum atomic E-state index is -4.71. The summed E-state index contributed by atoms with van der Waals surface area (Å²) >= 11 is 0. The van der Waals surface area contributed by atoms with Crippen LogP contribution in [0.3, 0.4) is 0 Å². The van der Waals surface area contributed by atoms with Crippen molar-refractivity contribution < 1.29 is 22.8 Å². The van der Waals surface area contributed by atoms with Gasteiger partial charge < -0.3 is 10.6 Å². The summed E-state index contributed by atoms with van der Waals surface area (Å²) in [6, 6.07) is 0. The van der Waals surface area contributed by atoms with E-state index in [-0.39, 0.29) is 13.1 Å². The molecule has 2 heterocycles. The van der Waals surface area contributed by atoms with Gasteiger partial charge in [-0.25, -0.2) is 0 Å². The molecule has 0 saturated carbocycles. The largest absolute Gasteiger partial charge is 0.433 e. The zero-order chi connectivity index (χ0) is 17.6. The van der Waals surface area contributed by atoms with Gasteiger partial charge >= 0.3 is 6.18 Å². The molecule has 1 aliphatic rings. The van der Waals surface area contributed by atoms with Crippen molar-refractivity contribution in [3.63, 3.8) is 0 Å². The van der Waals surface area contributed by atoms with Crippen molar-refractivity contribution in [1.29, 1.82) is 0 Å². The van der Waals surface area contributed by atoms with Crippen molar-refractivity contribution in [1.82, 2.24) is 14.7 Å². The van der Waals surface area contributed by atoms with Crippen molar-refractivity contribution in [3.05, 3.63) is 17.5 Å². The lowest BCUT2D eigenvalue weighted by atomic mass is 10.1. The van der Waals surface area contributed by atoms with Gasteiger partial charge in [-0.3, -0.25) is 14.3 Å². The fourth-order valence-corrected chi connectivity index (χ4v) is 2.63. The number of alkyl halides is 3. The van der Waals surface area contributed by atoms with Crippen LogP contribution in [0.15, 0.2) is 6.20 Å². The molecule has 1 aromatic rings. The summed E-state index contributed by atoms with van der Waals surface area (Å²) in [5.41, 5.74) is 2.69. The summed E-state index contributed by atoms with van der Waals surface area (Å²) in [5.74, 6) is -1.86. The van der Waals surface area contributed by atoms with E-state index in [2.05, 4.69) is 5.10 Å². The van der Waals surface area contributed by atoms with Gasteiger partial charge in [-0.15, -0.1) is 0 Å². The Labute approximate surface area is 131 Å². The maximum Gasteiger partial charge on any atom is 0.433 e. The van der Waals surface area contributed by atoms with E-state index in [9.17, 15) is 22.8 Å². The minimum Gasteiger partial charge on any atom is -0.369 e. The highest BCUT2D eigenvalue weighted by Crippen LogP contribution is 2.35. The highest BCUT2D eigenvalue weighted by Gasteiger charge is 2.44. The van der Waals surface area contributed by atoms with Gasteiger partial charge in [0.2, 0.25) is 5.91 Å². The molecule has 128 valence electrons. The summed E-state index contributed by atoms with van der Waals surface area (Å²) in [6.07, 6.45) is -3.42. The van der Waals surface area contributed by atoms with E-state index in [0.717, 1.165) is 10.9 Å². The molecule has 2 rings (SSSR count). The molecule has 6 nitrogen and oxygen atoms in total. The van der Waals surface area contributed by atoms with Crippen LogP contribution in [0.5, 0.6) is 0 Å². The Bertz CT molecular complexity index is 631. The lowest BCUT2D eigenvalue weighted by Crippen LogP contribution is -2.34. The van der Waals surface area contributed by atoms with Crippen LogP contribution in [0, 0.1) is 5.92 Å². The van der Waals surface area contributed by atoms with Gasteiger partial charge in [0.15, 0.2) is 5.69 Å². The first kappa shape index (κ1) is 17.3. The molecule has 23 heavy (non-hydrogen) atoms. The number of aromatic nitrogens is 2. The normalized spacial score (nSPS) is 19.2. The van der Waals surface area contributed by atoms with Crippen molar-refractivity contribution in [3.8, 4) is 0 Å². The first-order chi connectivity index (χ1) is 10.4. The molecule has 0 spiro atoms. The van der Waals surface area contributed by atoms with E-state index in [1.165, 1.54) is 4.90 Å². The second-order valence-electron chi connectivity index (χ2n) is 6.63. The van der Waals surface area contributed by atoms with E-state index in [4.69, 9.17) is 5.73 Å². The zero-order valence-corrected chi connectivity index (χ0v) is 13.1. The second kappa shape index (κ2) is 5.54. The van der Waals surface area contributed by atoms with Gasteiger partial charge in [-0.1, -0.05) is 0 Å². The number of carbonyl (C=O) groups is 2. The van der Waals surface area contributed by atoms with Crippen molar-refractivity contribution >= 4 is 11.8 Å². The summed E-state index contributed by atoms with van der Waals surface area (Å²) in [5, 5.41) is 3.76. The lowest BCUT2D eigenvalue weighted by molar-refractivity contribution is -0.146. The number of primary amides is 1. The maximum atomic E-state index is 13.4. The van der Waals surface area contributed by atoms with Crippen LogP contribution in [0.1, 0.15) is 43.2 Å². The highest BCUT2D eigenvalue weighted by molar-refractivity contribution is 5.96. The van der Waals surface area contributed by atoms with E-state index in [1.807, 2.05) is 0 Å². The Balaban J connectivity index is 2.39. The molecule has 0 unspecified atom stereocenters. The first-order valence-electron chi connectivity index (χ1n) is 7.17. The van der Waals surface area contributed by atoms with Crippen LogP contribution >= 0.6 is 0 Å². The smallest absolute Gasteiger partial charge is 0.369 e. The number of rotatable bonds is 2. The molecule has 1 aromatic heterocycles. The Hall–Kier alpha value is -2.06. The van der Waals surface area contributed by atoms with E-state index in [1.54, 1.807) is 20.8 Å². The molecule has 0 aromatic carbocycles. The number of amides is 2. The topological polar surface area (TPSA) is 81.2 Å². The third-order valence-electron chi connectivity index (χ3n) is 3.78. The SMILES string of the molecule is CC(C)(C)n1ncc(C(=O)N2CC[C@@H](C(N)=O)C2)c1C(F)(F)F. The van der Waals surface area contributed by atoms with Gasteiger partial charge in [0.05, 0.1) is 23.2 Å². The van der Waals surface area contributed by atoms with Crippen molar-refractivity contribution in [2.24, 2.45) is 11.7 Å². The number of nitrogens with zero attached hydrogens (tertiary/aromatic N) is 3. The number of likely N-dealkylation sites (tertiary alicyclic amines) is 1. The number of halogens is 3. The van der Waals surface area contributed by atoms with Crippen LogP contribution in [0.4, 0.5) is 13.2 Å². The van der Waals surface area contributed by atoms with E-state index < -0.39 is 40.7 Å². The molecule has 1 saturated heterocycles. The molecule has 1 atom stereocenters. The Morgan fingerprint density at radius 1 is 1.30 bits per heavy atom. The molecule has 1 fully saturated rings. The summed E-state index contributed by atoms with van der Waals surface area (Å²) in [7, 11) is 0. The lowest BCUT2D eigenvalue weighted by Gasteiger charge is -2.24.